The highest BCUT2D eigenvalue weighted by atomic mass is 79.9. The second kappa shape index (κ2) is 5.86. The summed E-state index contributed by atoms with van der Waals surface area (Å²) >= 11 is 3.25. The molecule has 1 aromatic carbocycles. The number of amides is 1. The Hall–Kier alpha value is -1.51. The molecule has 3 N–H and O–H groups in total. The first-order valence-corrected chi connectivity index (χ1v) is 6.84. The van der Waals surface area contributed by atoms with Gasteiger partial charge in [-0.15, -0.1) is 0 Å². The monoisotopic (exact) mass is 343 g/mol. The minimum Gasteiger partial charge on any atom is -0.381 e. The first kappa shape index (κ1) is 14.9. The molecule has 0 atom stereocenters. The standard InChI is InChI=1S/C12H14BrN3O4/c13-9-2-1-8(16(18)19)7-10(9)15-11(17)12(14)3-5-20-6-4-12/h1-2,7H,3-6,14H2,(H,15,17). The number of halogens is 1. The Morgan fingerprint density at radius 3 is 2.70 bits per heavy atom. The summed E-state index contributed by atoms with van der Waals surface area (Å²) in [7, 11) is 0. The van der Waals surface area contributed by atoms with Gasteiger partial charge in [0.1, 0.15) is 5.54 Å². The van der Waals surface area contributed by atoms with E-state index in [9.17, 15) is 14.9 Å². The Kier molecular flexibility index (Phi) is 4.36. The molecule has 0 aliphatic carbocycles. The lowest BCUT2D eigenvalue weighted by molar-refractivity contribution is -0.384. The SMILES string of the molecule is NC1(C(=O)Nc2cc([N+](=O)[O-])ccc2Br)CCOCC1. The third kappa shape index (κ3) is 3.14. The summed E-state index contributed by atoms with van der Waals surface area (Å²) in [6, 6.07) is 4.16. The molecule has 2 rings (SSSR count). The Bertz CT molecular complexity index is 544. The number of nitro groups is 1. The fraction of sp³-hybridized carbons (Fsp3) is 0.417. The van der Waals surface area contributed by atoms with Gasteiger partial charge in [0.2, 0.25) is 5.91 Å². The van der Waals surface area contributed by atoms with Gasteiger partial charge in [-0.25, -0.2) is 0 Å². The normalized spacial score (nSPS) is 17.5. The van der Waals surface area contributed by atoms with Crippen molar-refractivity contribution >= 4 is 33.2 Å². The maximum Gasteiger partial charge on any atom is 0.271 e. The van der Waals surface area contributed by atoms with Crippen molar-refractivity contribution in [3.63, 3.8) is 0 Å². The molecule has 1 aliphatic heterocycles. The van der Waals surface area contributed by atoms with Gasteiger partial charge in [-0.2, -0.15) is 0 Å². The lowest BCUT2D eigenvalue weighted by Gasteiger charge is -2.31. The highest BCUT2D eigenvalue weighted by Crippen LogP contribution is 2.28. The molecule has 0 radical (unpaired) electrons. The van der Waals surface area contributed by atoms with E-state index < -0.39 is 10.5 Å². The van der Waals surface area contributed by atoms with Crippen molar-refractivity contribution in [3.8, 4) is 0 Å². The molecule has 1 saturated heterocycles. The van der Waals surface area contributed by atoms with Crippen LogP contribution in [0.5, 0.6) is 0 Å². The Labute approximate surface area is 123 Å². The number of nitro benzene ring substituents is 1. The molecular formula is C12H14BrN3O4. The van der Waals surface area contributed by atoms with Gasteiger partial charge in [-0.3, -0.25) is 14.9 Å². The van der Waals surface area contributed by atoms with Gasteiger partial charge in [0.05, 0.1) is 10.6 Å². The number of rotatable bonds is 3. The molecule has 0 aromatic heterocycles. The number of carbonyl (C=O) groups excluding carboxylic acids is 1. The number of nitrogens with one attached hydrogen (secondary N) is 1. The van der Waals surface area contributed by atoms with Crippen LogP contribution in [0, 0.1) is 10.1 Å². The lowest BCUT2D eigenvalue weighted by atomic mass is 9.90. The second-order valence-corrected chi connectivity index (χ2v) is 5.50. The number of carbonyl (C=O) groups is 1. The minimum absolute atomic E-state index is 0.0958. The smallest absolute Gasteiger partial charge is 0.271 e. The number of hydrogen-bond donors (Lipinski definition) is 2. The Morgan fingerprint density at radius 2 is 2.10 bits per heavy atom. The van der Waals surface area contributed by atoms with E-state index in [4.69, 9.17) is 10.5 Å². The van der Waals surface area contributed by atoms with Gasteiger partial charge in [-0.1, -0.05) is 0 Å². The number of ether oxygens (including phenoxy) is 1. The van der Waals surface area contributed by atoms with Crippen LogP contribution in [-0.4, -0.2) is 29.6 Å². The highest BCUT2D eigenvalue weighted by molar-refractivity contribution is 9.10. The average molecular weight is 344 g/mol. The van der Waals surface area contributed by atoms with Gasteiger partial charge in [0.25, 0.3) is 5.69 Å². The van der Waals surface area contributed by atoms with Crippen molar-refractivity contribution in [2.45, 2.75) is 18.4 Å². The summed E-state index contributed by atoms with van der Waals surface area (Å²) in [6.45, 7) is 0.861. The fourth-order valence-electron chi connectivity index (χ4n) is 1.93. The molecule has 1 aliphatic rings. The molecule has 1 aromatic rings. The highest BCUT2D eigenvalue weighted by Gasteiger charge is 2.36. The average Bonchev–Trinajstić information content (AvgIpc) is 2.41. The van der Waals surface area contributed by atoms with Crippen LogP contribution in [0.4, 0.5) is 11.4 Å². The molecular weight excluding hydrogens is 330 g/mol. The first-order valence-electron chi connectivity index (χ1n) is 6.04. The van der Waals surface area contributed by atoms with Gasteiger partial charge >= 0.3 is 0 Å². The zero-order valence-electron chi connectivity index (χ0n) is 10.6. The first-order chi connectivity index (χ1) is 9.42. The van der Waals surface area contributed by atoms with E-state index >= 15 is 0 Å². The zero-order chi connectivity index (χ0) is 14.8. The van der Waals surface area contributed by atoms with Crippen molar-refractivity contribution in [1.29, 1.82) is 0 Å². The van der Waals surface area contributed by atoms with E-state index in [2.05, 4.69) is 21.2 Å². The number of nitrogens with two attached hydrogens (primary N) is 1. The maximum atomic E-state index is 12.2. The molecule has 0 bridgehead atoms. The van der Waals surface area contributed by atoms with Gasteiger partial charge in [0.15, 0.2) is 0 Å². The molecule has 1 fully saturated rings. The van der Waals surface area contributed by atoms with Crippen LogP contribution in [0.2, 0.25) is 0 Å². The van der Waals surface area contributed by atoms with Crippen LogP contribution in [-0.2, 0) is 9.53 Å². The number of non-ortho nitro benzene ring substituents is 1. The van der Waals surface area contributed by atoms with Crippen LogP contribution >= 0.6 is 15.9 Å². The number of hydrogen-bond acceptors (Lipinski definition) is 5. The predicted molar refractivity (Wildman–Crippen MR) is 76.4 cm³/mol. The topological polar surface area (TPSA) is 107 Å². The molecule has 0 spiro atoms. The van der Waals surface area contributed by atoms with E-state index in [0.29, 0.717) is 36.2 Å². The number of nitrogens with zero attached hydrogens (tertiary/aromatic N) is 1. The summed E-state index contributed by atoms with van der Waals surface area (Å²) in [5.41, 5.74) is 5.30. The van der Waals surface area contributed by atoms with E-state index in [-0.39, 0.29) is 11.6 Å². The molecule has 7 nitrogen and oxygen atoms in total. The molecule has 0 saturated carbocycles. The molecule has 8 heteroatoms. The summed E-state index contributed by atoms with van der Waals surface area (Å²) < 4.78 is 5.74. The van der Waals surface area contributed by atoms with Crippen molar-refractivity contribution in [3.05, 3.63) is 32.8 Å². The summed E-state index contributed by atoms with van der Waals surface area (Å²) in [4.78, 5) is 22.5. The fourth-order valence-corrected chi connectivity index (χ4v) is 2.28. The molecule has 0 unspecified atom stereocenters. The molecule has 20 heavy (non-hydrogen) atoms. The van der Waals surface area contributed by atoms with Crippen molar-refractivity contribution in [2.24, 2.45) is 5.73 Å². The molecule has 1 heterocycles. The largest absolute Gasteiger partial charge is 0.381 e. The van der Waals surface area contributed by atoms with Gasteiger partial charge < -0.3 is 15.8 Å². The van der Waals surface area contributed by atoms with E-state index in [1.165, 1.54) is 18.2 Å². The van der Waals surface area contributed by atoms with Crippen molar-refractivity contribution in [1.82, 2.24) is 0 Å². The summed E-state index contributed by atoms with van der Waals surface area (Å²) in [5, 5.41) is 13.4. The Balaban J connectivity index is 2.18. The van der Waals surface area contributed by atoms with E-state index in [1.54, 1.807) is 0 Å². The van der Waals surface area contributed by atoms with Crippen LogP contribution in [0.15, 0.2) is 22.7 Å². The van der Waals surface area contributed by atoms with Crippen molar-refractivity contribution in [2.75, 3.05) is 18.5 Å². The second-order valence-electron chi connectivity index (χ2n) is 4.64. The quantitative estimate of drug-likeness (QED) is 0.642. The molecule has 108 valence electrons. The maximum absolute atomic E-state index is 12.2. The van der Waals surface area contributed by atoms with Crippen LogP contribution < -0.4 is 11.1 Å². The van der Waals surface area contributed by atoms with Crippen LogP contribution in [0.25, 0.3) is 0 Å². The third-order valence-electron chi connectivity index (χ3n) is 3.25. The van der Waals surface area contributed by atoms with Crippen LogP contribution in [0.1, 0.15) is 12.8 Å². The number of benzene rings is 1. The lowest BCUT2D eigenvalue weighted by Crippen LogP contribution is -2.54. The molecule has 1 amide bonds. The predicted octanol–water partition coefficient (Wildman–Crippen LogP) is 1.80. The van der Waals surface area contributed by atoms with E-state index in [1.807, 2.05) is 0 Å². The summed E-state index contributed by atoms with van der Waals surface area (Å²) in [5.74, 6) is -0.359. The van der Waals surface area contributed by atoms with Crippen molar-refractivity contribution < 1.29 is 14.5 Å². The van der Waals surface area contributed by atoms with Gasteiger partial charge in [0, 0.05) is 29.8 Å². The van der Waals surface area contributed by atoms with Crippen LogP contribution in [0.3, 0.4) is 0 Å². The van der Waals surface area contributed by atoms with E-state index in [0.717, 1.165) is 0 Å². The minimum atomic E-state index is -0.998. The summed E-state index contributed by atoms with van der Waals surface area (Å²) in [6.07, 6.45) is 0.844. The zero-order valence-corrected chi connectivity index (χ0v) is 12.2. The number of anilines is 1. The van der Waals surface area contributed by atoms with Gasteiger partial charge in [-0.05, 0) is 34.8 Å². The Morgan fingerprint density at radius 1 is 1.45 bits per heavy atom. The third-order valence-corrected chi connectivity index (χ3v) is 3.94.